The molecule has 4 rings (SSSR count). The van der Waals surface area contributed by atoms with Gasteiger partial charge in [0.1, 0.15) is 11.5 Å². The zero-order valence-electron chi connectivity index (χ0n) is 17.2. The van der Waals surface area contributed by atoms with Crippen LogP contribution < -0.4 is 14.8 Å². The quantitative estimate of drug-likeness (QED) is 0.399. The van der Waals surface area contributed by atoms with Gasteiger partial charge in [-0.15, -0.1) is 0 Å². The molecule has 7 nitrogen and oxygen atoms in total. The average Bonchev–Trinajstić information content (AvgIpc) is 3.23. The fraction of sp³-hybridized carbons (Fsp3) is 0.125. The summed E-state index contributed by atoms with van der Waals surface area (Å²) in [6.07, 6.45) is 0. The van der Waals surface area contributed by atoms with Crippen LogP contribution in [0.25, 0.3) is 21.3 Å². The molecule has 0 fully saturated rings. The van der Waals surface area contributed by atoms with E-state index in [0.29, 0.717) is 16.6 Å². The van der Waals surface area contributed by atoms with Crippen molar-refractivity contribution in [1.82, 2.24) is 4.98 Å². The van der Waals surface area contributed by atoms with Crippen molar-refractivity contribution in [3.05, 3.63) is 72.8 Å². The Labute approximate surface area is 188 Å². The number of hydrogen-bond acceptors (Lipinski definition) is 7. The van der Waals surface area contributed by atoms with Crippen LogP contribution in [-0.2, 0) is 14.3 Å². The molecular weight excluding hydrogens is 428 g/mol. The Bertz CT molecular complexity index is 1220. The van der Waals surface area contributed by atoms with Crippen LogP contribution in [0.15, 0.2) is 72.8 Å². The maximum atomic E-state index is 12.1. The highest BCUT2D eigenvalue weighted by atomic mass is 32.1. The molecule has 162 valence electrons. The third-order valence-corrected chi connectivity index (χ3v) is 5.46. The summed E-state index contributed by atoms with van der Waals surface area (Å²) in [7, 11) is 1.59. The van der Waals surface area contributed by atoms with Gasteiger partial charge in [-0.3, -0.25) is 10.1 Å². The van der Waals surface area contributed by atoms with Crippen LogP contribution >= 0.6 is 11.3 Å². The van der Waals surface area contributed by atoms with Gasteiger partial charge in [0.2, 0.25) is 0 Å². The van der Waals surface area contributed by atoms with Gasteiger partial charge in [0.05, 0.1) is 17.3 Å². The van der Waals surface area contributed by atoms with Gasteiger partial charge in [0, 0.05) is 0 Å². The molecule has 0 aliphatic heterocycles. The topological polar surface area (TPSA) is 86.8 Å². The van der Waals surface area contributed by atoms with Crippen LogP contribution in [-0.4, -0.2) is 37.2 Å². The zero-order chi connectivity index (χ0) is 22.3. The molecule has 0 atom stereocenters. The molecule has 3 aromatic carbocycles. The number of rotatable bonds is 8. The average molecular weight is 449 g/mol. The van der Waals surface area contributed by atoms with Gasteiger partial charge in [-0.05, 0) is 41.5 Å². The van der Waals surface area contributed by atoms with Gasteiger partial charge in [-0.2, -0.15) is 0 Å². The molecule has 8 heteroatoms. The number of methoxy groups -OCH3 is 1. The normalized spacial score (nSPS) is 10.5. The Balaban J connectivity index is 1.23. The molecule has 0 bridgehead atoms. The van der Waals surface area contributed by atoms with Crippen molar-refractivity contribution in [2.24, 2.45) is 0 Å². The van der Waals surface area contributed by atoms with E-state index in [1.165, 1.54) is 11.3 Å². The molecule has 32 heavy (non-hydrogen) atoms. The third kappa shape index (κ3) is 5.41. The van der Waals surface area contributed by atoms with E-state index >= 15 is 0 Å². The summed E-state index contributed by atoms with van der Waals surface area (Å²) in [6.45, 7) is -0.715. The first-order chi connectivity index (χ1) is 15.6. The monoisotopic (exact) mass is 448 g/mol. The number of aromatic nitrogens is 1. The first-order valence-electron chi connectivity index (χ1n) is 9.79. The number of nitrogens with one attached hydrogen (secondary N) is 1. The lowest BCUT2D eigenvalue weighted by Gasteiger charge is -2.08. The number of fused-ring (bicyclic) bond motifs is 1. The van der Waals surface area contributed by atoms with Crippen molar-refractivity contribution in [1.29, 1.82) is 0 Å². The molecule has 0 spiro atoms. The summed E-state index contributed by atoms with van der Waals surface area (Å²) in [5, 5.41) is 3.05. The summed E-state index contributed by atoms with van der Waals surface area (Å²) in [6, 6.07) is 22.8. The van der Waals surface area contributed by atoms with Gasteiger partial charge in [-0.25, -0.2) is 9.78 Å². The summed E-state index contributed by atoms with van der Waals surface area (Å²) < 4.78 is 16.5. The van der Waals surface area contributed by atoms with E-state index in [1.54, 1.807) is 25.3 Å². The third-order valence-electron chi connectivity index (χ3n) is 4.52. The lowest BCUT2D eigenvalue weighted by Crippen LogP contribution is -2.23. The van der Waals surface area contributed by atoms with Crippen LogP contribution in [0.2, 0.25) is 0 Å². The Kier molecular flexibility index (Phi) is 6.62. The molecule has 1 heterocycles. The van der Waals surface area contributed by atoms with Gasteiger partial charge >= 0.3 is 5.97 Å². The predicted molar refractivity (Wildman–Crippen MR) is 123 cm³/mol. The van der Waals surface area contributed by atoms with E-state index in [-0.39, 0.29) is 6.61 Å². The molecule has 0 saturated heterocycles. The fourth-order valence-corrected chi connectivity index (χ4v) is 3.86. The van der Waals surface area contributed by atoms with Crippen LogP contribution in [0, 0.1) is 0 Å². The predicted octanol–water partition coefficient (Wildman–Crippen LogP) is 4.53. The Morgan fingerprint density at radius 1 is 0.906 bits per heavy atom. The van der Waals surface area contributed by atoms with Crippen LogP contribution in [0.1, 0.15) is 0 Å². The largest absolute Gasteiger partial charge is 0.497 e. The van der Waals surface area contributed by atoms with Crippen molar-refractivity contribution in [2.45, 2.75) is 0 Å². The van der Waals surface area contributed by atoms with E-state index < -0.39 is 18.5 Å². The Morgan fingerprint density at radius 2 is 1.62 bits per heavy atom. The number of ether oxygens (including phenoxy) is 3. The number of anilines is 1. The lowest BCUT2D eigenvalue weighted by molar-refractivity contribution is -0.149. The molecule has 0 aliphatic rings. The van der Waals surface area contributed by atoms with Crippen LogP contribution in [0.5, 0.6) is 11.5 Å². The summed E-state index contributed by atoms with van der Waals surface area (Å²) in [5.74, 6) is 0.136. The first kappa shape index (κ1) is 21.3. The van der Waals surface area contributed by atoms with Crippen LogP contribution in [0.4, 0.5) is 5.13 Å². The smallest absolute Gasteiger partial charge is 0.344 e. The van der Waals surface area contributed by atoms with Crippen molar-refractivity contribution in [3.8, 4) is 22.6 Å². The second-order valence-corrected chi connectivity index (χ2v) is 7.77. The van der Waals surface area contributed by atoms with Gasteiger partial charge in [0.25, 0.3) is 5.91 Å². The van der Waals surface area contributed by atoms with E-state index in [9.17, 15) is 9.59 Å². The highest BCUT2D eigenvalue weighted by molar-refractivity contribution is 7.22. The Hall–Kier alpha value is -3.91. The van der Waals surface area contributed by atoms with Crippen LogP contribution in [0.3, 0.4) is 0 Å². The molecule has 0 saturated carbocycles. The number of amides is 1. The highest BCUT2D eigenvalue weighted by Crippen LogP contribution is 2.29. The Morgan fingerprint density at radius 3 is 2.38 bits per heavy atom. The van der Waals surface area contributed by atoms with E-state index in [1.807, 2.05) is 54.6 Å². The molecular formula is C24H20N2O5S. The molecule has 1 N–H and O–H groups in total. The second kappa shape index (κ2) is 9.93. The number of thiazole rings is 1. The number of carbonyl (C=O) groups is 2. The fourth-order valence-electron chi connectivity index (χ4n) is 2.94. The number of esters is 1. The minimum absolute atomic E-state index is 0.293. The second-order valence-electron chi connectivity index (χ2n) is 6.74. The highest BCUT2D eigenvalue weighted by Gasteiger charge is 2.12. The number of nitrogens with zero attached hydrogens (tertiary/aromatic N) is 1. The maximum Gasteiger partial charge on any atom is 0.344 e. The molecule has 1 aromatic heterocycles. The first-order valence-corrected chi connectivity index (χ1v) is 10.6. The molecule has 0 unspecified atom stereocenters. The minimum Gasteiger partial charge on any atom is -0.497 e. The number of hydrogen-bond donors (Lipinski definition) is 1. The van der Waals surface area contributed by atoms with Gasteiger partial charge < -0.3 is 14.2 Å². The molecule has 4 aromatic rings. The summed E-state index contributed by atoms with van der Waals surface area (Å²) >= 11 is 1.31. The van der Waals surface area contributed by atoms with Gasteiger partial charge in [-0.1, -0.05) is 53.8 Å². The van der Waals surface area contributed by atoms with E-state index in [0.717, 1.165) is 21.3 Å². The SMILES string of the molecule is COc1ccc2nc(NC(=O)COC(=O)COc3ccc(-c4ccccc4)cc3)sc2c1. The van der Waals surface area contributed by atoms with Gasteiger partial charge in [0.15, 0.2) is 18.3 Å². The summed E-state index contributed by atoms with van der Waals surface area (Å²) in [4.78, 5) is 28.3. The van der Waals surface area contributed by atoms with E-state index in [2.05, 4.69) is 10.3 Å². The van der Waals surface area contributed by atoms with Crippen molar-refractivity contribution >= 4 is 38.6 Å². The molecule has 0 aliphatic carbocycles. The molecule has 0 radical (unpaired) electrons. The number of carbonyl (C=O) groups excluding carboxylic acids is 2. The number of benzene rings is 3. The van der Waals surface area contributed by atoms with Crippen molar-refractivity contribution in [3.63, 3.8) is 0 Å². The minimum atomic E-state index is -0.638. The summed E-state index contributed by atoms with van der Waals surface area (Å²) in [5.41, 5.74) is 2.89. The zero-order valence-corrected chi connectivity index (χ0v) is 18.1. The maximum absolute atomic E-state index is 12.1. The standard InChI is InChI=1S/C24H20N2O5S/c1-29-19-11-12-20-21(13-19)32-24(25-20)26-22(27)14-31-23(28)15-30-18-9-7-17(8-10-18)16-5-3-2-4-6-16/h2-13H,14-15H2,1H3,(H,25,26,27). The van der Waals surface area contributed by atoms with Crippen molar-refractivity contribution < 1.29 is 23.8 Å². The van der Waals surface area contributed by atoms with E-state index in [4.69, 9.17) is 14.2 Å². The van der Waals surface area contributed by atoms with Crippen molar-refractivity contribution in [2.75, 3.05) is 25.6 Å². The molecule has 1 amide bonds. The lowest BCUT2D eigenvalue weighted by atomic mass is 10.1.